The topological polar surface area (TPSA) is 52.2 Å². The molecule has 0 N–H and O–H groups in total. The molecule has 0 unspecified atom stereocenters. The normalized spacial score (nSPS) is 11.4. The van der Waals surface area contributed by atoms with Gasteiger partial charge in [-0.05, 0) is 50.2 Å². The summed E-state index contributed by atoms with van der Waals surface area (Å²) in [4.78, 5) is 22.1. The van der Waals surface area contributed by atoms with Gasteiger partial charge in [0.2, 0.25) is 0 Å². The smallest absolute Gasteiger partial charge is 0.258 e. The van der Waals surface area contributed by atoms with E-state index in [1.165, 1.54) is 5.56 Å². The number of nitrogens with zero attached hydrogens (tertiary/aromatic N) is 4. The van der Waals surface area contributed by atoms with Crippen molar-refractivity contribution in [3.63, 3.8) is 0 Å². The lowest BCUT2D eigenvalue weighted by Gasteiger charge is -2.10. The van der Waals surface area contributed by atoms with Crippen LogP contribution in [0.15, 0.2) is 82.7 Å². The van der Waals surface area contributed by atoms with Crippen molar-refractivity contribution in [2.45, 2.75) is 24.8 Å². The number of thioether (sulfide) groups is 1. The quantitative estimate of drug-likeness (QED) is 0.392. The lowest BCUT2D eigenvalue weighted by atomic mass is 10.2. The summed E-state index contributed by atoms with van der Waals surface area (Å²) in [5, 5.41) is 0.881. The third-order valence-electron chi connectivity index (χ3n) is 5.10. The Kier molecular flexibility index (Phi) is 4.64. The molecule has 0 fully saturated rings. The van der Waals surface area contributed by atoms with E-state index in [4.69, 9.17) is 4.98 Å². The number of benzene rings is 2. The maximum atomic E-state index is 12.6. The Balaban J connectivity index is 1.55. The minimum atomic E-state index is -0.0549. The van der Waals surface area contributed by atoms with E-state index in [1.807, 2.05) is 43.3 Å². The van der Waals surface area contributed by atoms with Crippen LogP contribution in [0, 0.1) is 13.8 Å². The number of aromatic nitrogens is 4. The van der Waals surface area contributed by atoms with E-state index in [-0.39, 0.29) is 5.56 Å². The van der Waals surface area contributed by atoms with Crippen molar-refractivity contribution in [3.8, 4) is 5.69 Å². The van der Waals surface area contributed by atoms with Crippen molar-refractivity contribution in [1.82, 2.24) is 18.9 Å². The first-order valence-corrected chi connectivity index (χ1v) is 10.7. The maximum absolute atomic E-state index is 12.6. The predicted octanol–water partition coefficient (Wildman–Crippen LogP) is 4.94. The van der Waals surface area contributed by atoms with Gasteiger partial charge in [-0.1, -0.05) is 47.7 Å². The SMILES string of the molecule is Cc1ccc(-n2c(SCc3cc(=O)n4c(C)cccc4n3)nc3ccccc32)cc1. The Morgan fingerprint density at radius 1 is 0.900 bits per heavy atom. The Labute approximate surface area is 178 Å². The minimum absolute atomic E-state index is 0.0549. The fourth-order valence-electron chi connectivity index (χ4n) is 3.62. The first-order valence-electron chi connectivity index (χ1n) is 9.76. The average molecular weight is 413 g/mol. The van der Waals surface area contributed by atoms with E-state index in [9.17, 15) is 4.79 Å². The predicted molar refractivity (Wildman–Crippen MR) is 122 cm³/mol. The van der Waals surface area contributed by atoms with Gasteiger partial charge in [-0.2, -0.15) is 0 Å². The summed E-state index contributed by atoms with van der Waals surface area (Å²) in [6, 6.07) is 23.9. The van der Waals surface area contributed by atoms with Gasteiger partial charge in [0, 0.05) is 23.2 Å². The van der Waals surface area contributed by atoms with Crippen LogP contribution in [0.4, 0.5) is 0 Å². The molecule has 0 aliphatic carbocycles. The number of imidazole rings is 1. The standard InChI is InChI=1S/C24H20N4OS/c1-16-10-12-19(13-11-16)28-21-8-4-3-7-20(21)26-24(28)30-15-18-14-23(29)27-17(2)6-5-9-22(27)25-18/h3-14H,15H2,1-2H3. The van der Waals surface area contributed by atoms with Crippen LogP contribution >= 0.6 is 11.8 Å². The molecule has 3 aromatic heterocycles. The number of para-hydroxylation sites is 2. The molecule has 0 saturated heterocycles. The zero-order chi connectivity index (χ0) is 20.7. The second kappa shape index (κ2) is 7.46. The van der Waals surface area contributed by atoms with Crippen LogP contribution in [0.25, 0.3) is 22.4 Å². The summed E-state index contributed by atoms with van der Waals surface area (Å²) >= 11 is 1.59. The molecule has 148 valence electrons. The number of rotatable bonds is 4. The number of pyridine rings is 1. The fourth-order valence-corrected chi connectivity index (χ4v) is 4.54. The molecule has 0 aliphatic rings. The van der Waals surface area contributed by atoms with Gasteiger partial charge in [0.25, 0.3) is 5.56 Å². The third kappa shape index (κ3) is 3.29. The van der Waals surface area contributed by atoms with Crippen molar-refractivity contribution in [2.75, 3.05) is 0 Å². The second-order valence-corrected chi connectivity index (χ2v) is 8.23. The molecule has 5 rings (SSSR count). The molecular weight excluding hydrogens is 392 g/mol. The molecule has 0 amide bonds. The summed E-state index contributed by atoms with van der Waals surface area (Å²) in [7, 11) is 0. The molecule has 6 heteroatoms. The molecule has 5 aromatic rings. The highest BCUT2D eigenvalue weighted by Gasteiger charge is 2.14. The molecule has 0 bridgehead atoms. The maximum Gasteiger partial charge on any atom is 0.258 e. The summed E-state index contributed by atoms with van der Waals surface area (Å²) in [5.74, 6) is 0.564. The van der Waals surface area contributed by atoms with Gasteiger partial charge < -0.3 is 0 Å². The lowest BCUT2D eigenvalue weighted by molar-refractivity contribution is 0.915. The first-order chi connectivity index (χ1) is 14.6. The number of aryl methyl sites for hydroxylation is 2. The lowest BCUT2D eigenvalue weighted by Crippen LogP contribution is -2.17. The zero-order valence-electron chi connectivity index (χ0n) is 16.7. The molecule has 0 saturated carbocycles. The Morgan fingerprint density at radius 3 is 2.53 bits per heavy atom. The summed E-state index contributed by atoms with van der Waals surface area (Å²) in [6.45, 7) is 3.99. The zero-order valence-corrected chi connectivity index (χ0v) is 17.6. The molecule has 30 heavy (non-hydrogen) atoms. The summed E-state index contributed by atoms with van der Waals surface area (Å²) in [5.41, 5.74) is 6.54. The van der Waals surface area contributed by atoms with E-state index < -0.39 is 0 Å². The van der Waals surface area contributed by atoms with Crippen molar-refractivity contribution in [2.24, 2.45) is 0 Å². The molecule has 0 atom stereocenters. The molecular formula is C24H20N4OS. The van der Waals surface area contributed by atoms with Crippen LogP contribution < -0.4 is 5.56 Å². The van der Waals surface area contributed by atoms with Gasteiger partial charge in [-0.3, -0.25) is 13.8 Å². The van der Waals surface area contributed by atoms with E-state index >= 15 is 0 Å². The fraction of sp³-hybridized carbons (Fsp3) is 0.125. The van der Waals surface area contributed by atoms with Crippen LogP contribution in [0.2, 0.25) is 0 Å². The van der Waals surface area contributed by atoms with Gasteiger partial charge in [0.05, 0.1) is 16.7 Å². The molecule has 0 radical (unpaired) electrons. The highest BCUT2D eigenvalue weighted by atomic mass is 32.2. The van der Waals surface area contributed by atoms with E-state index in [1.54, 1.807) is 22.2 Å². The van der Waals surface area contributed by atoms with Crippen molar-refractivity contribution in [3.05, 3.63) is 100 Å². The van der Waals surface area contributed by atoms with Gasteiger partial charge in [-0.15, -0.1) is 0 Å². The summed E-state index contributed by atoms with van der Waals surface area (Å²) < 4.78 is 3.80. The average Bonchev–Trinajstić information content (AvgIpc) is 3.11. The van der Waals surface area contributed by atoms with Crippen LogP contribution in [-0.4, -0.2) is 18.9 Å². The molecule has 5 nitrogen and oxygen atoms in total. The van der Waals surface area contributed by atoms with E-state index in [2.05, 4.69) is 46.8 Å². The highest BCUT2D eigenvalue weighted by molar-refractivity contribution is 7.98. The van der Waals surface area contributed by atoms with E-state index in [0.717, 1.165) is 33.3 Å². The van der Waals surface area contributed by atoms with Gasteiger partial charge in [0.15, 0.2) is 5.16 Å². The molecule has 0 spiro atoms. The van der Waals surface area contributed by atoms with Crippen LogP contribution in [0.3, 0.4) is 0 Å². The molecule has 0 aliphatic heterocycles. The van der Waals surface area contributed by atoms with Crippen molar-refractivity contribution in [1.29, 1.82) is 0 Å². The minimum Gasteiger partial charge on any atom is -0.287 e. The second-order valence-electron chi connectivity index (χ2n) is 7.29. The number of hydrogen-bond donors (Lipinski definition) is 0. The molecule has 2 aromatic carbocycles. The Morgan fingerprint density at radius 2 is 1.70 bits per heavy atom. The van der Waals surface area contributed by atoms with Crippen LogP contribution in [0.5, 0.6) is 0 Å². The third-order valence-corrected chi connectivity index (χ3v) is 6.08. The number of fused-ring (bicyclic) bond motifs is 2. The summed E-state index contributed by atoms with van der Waals surface area (Å²) in [6.07, 6.45) is 0. The first kappa shape index (κ1) is 18.6. The monoisotopic (exact) mass is 412 g/mol. The van der Waals surface area contributed by atoms with Gasteiger partial charge in [0.1, 0.15) is 5.65 Å². The molecule has 3 heterocycles. The Hall–Kier alpha value is -3.38. The van der Waals surface area contributed by atoms with Gasteiger partial charge >= 0.3 is 0 Å². The van der Waals surface area contributed by atoms with Crippen LogP contribution in [-0.2, 0) is 5.75 Å². The largest absolute Gasteiger partial charge is 0.287 e. The Bertz CT molecular complexity index is 1430. The van der Waals surface area contributed by atoms with E-state index in [0.29, 0.717) is 11.4 Å². The number of hydrogen-bond acceptors (Lipinski definition) is 4. The highest BCUT2D eigenvalue weighted by Crippen LogP contribution is 2.29. The van der Waals surface area contributed by atoms with Gasteiger partial charge in [-0.25, -0.2) is 9.97 Å². The van der Waals surface area contributed by atoms with Crippen molar-refractivity contribution >= 4 is 28.4 Å². The van der Waals surface area contributed by atoms with Crippen LogP contribution in [0.1, 0.15) is 17.0 Å². The van der Waals surface area contributed by atoms with Crippen molar-refractivity contribution < 1.29 is 0 Å².